The minimum absolute atomic E-state index is 0.349. The van der Waals surface area contributed by atoms with Crippen molar-refractivity contribution in [1.29, 1.82) is 0 Å². The molecule has 1 amide bonds. The van der Waals surface area contributed by atoms with Crippen LogP contribution in [0.4, 0.5) is 0 Å². The van der Waals surface area contributed by atoms with Crippen LogP contribution in [-0.4, -0.2) is 28.5 Å². The van der Waals surface area contributed by atoms with Crippen LogP contribution in [0.15, 0.2) is 30.3 Å². The lowest BCUT2D eigenvalue weighted by Crippen LogP contribution is -2.47. The smallest absolute Gasteiger partial charge is 0.224 e. The molecule has 0 N–H and O–H groups in total. The van der Waals surface area contributed by atoms with E-state index in [9.17, 15) is 4.79 Å². The Hall–Kier alpha value is -0.960. The quantitative estimate of drug-likeness (QED) is 0.760. The van der Waals surface area contributed by atoms with Gasteiger partial charge in [-0.25, -0.2) is 0 Å². The summed E-state index contributed by atoms with van der Waals surface area (Å²) in [4.78, 5) is 14.2. The number of fused-ring (bicyclic) bond motifs is 1. The lowest BCUT2D eigenvalue weighted by molar-refractivity contribution is -0.135. The number of rotatable bonds is 1. The van der Waals surface area contributed by atoms with Gasteiger partial charge in [-0.1, -0.05) is 30.3 Å². The second-order valence-electron chi connectivity index (χ2n) is 4.81. The van der Waals surface area contributed by atoms with Gasteiger partial charge in [0.25, 0.3) is 0 Å². The van der Waals surface area contributed by atoms with E-state index < -0.39 is 0 Å². The van der Waals surface area contributed by atoms with Gasteiger partial charge in [-0.15, -0.1) is 11.8 Å². The van der Waals surface area contributed by atoms with Gasteiger partial charge < -0.3 is 4.90 Å². The summed E-state index contributed by atoms with van der Waals surface area (Å²) in [6.07, 6.45) is 2.98. The molecule has 0 saturated carbocycles. The van der Waals surface area contributed by atoms with Crippen LogP contribution in [0.3, 0.4) is 0 Å². The molecule has 3 rings (SSSR count). The molecule has 2 heterocycles. The number of benzene rings is 1. The van der Waals surface area contributed by atoms with E-state index in [0.717, 1.165) is 19.4 Å². The fourth-order valence-electron chi connectivity index (χ4n) is 2.80. The molecule has 2 nitrogen and oxygen atoms in total. The van der Waals surface area contributed by atoms with Crippen LogP contribution in [0.25, 0.3) is 0 Å². The van der Waals surface area contributed by atoms with Crippen molar-refractivity contribution in [3.05, 3.63) is 35.9 Å². The number of hydrogen-bond donors (Lipinski definition) is 0. The van der Waals surface area contributed by atoms with Crippen molar-refractivity contribution >= 4 is 17.7 Å². The molecule has 0 spiro atoms. The number of nitrogens with zero attached hydrogens (tertiary/aromatic N) is 1. The Morgan fingerprint density at radius 2 is 2.06 bits per heavy atom. The molecule has 90 valence electrons. The third-order valence-electron chi connectivity index (χ3n) is 3.70. The van der Waals surface area contributed by atoms with E-state index in [0.29, 0.717) is 23.6 Å². The highest BCUT2D eigenvalue weighted by Crippen LogP contribution is 2.38. The average molecular weight is 247 g/mol. The van der Waals surface area contributed by atoms with Gasteiger partial charge in [0.1, 0.15) is 0 Å². The Bertz CT molecular complexity index is 406. The van der Waals surface area contributed by atoms with Crippen molar-refractivity contribution in [2.75, 3.05) is 12.3 Å². The van der Waals surface area contributed by atoms with E-state index >= 15 is 0 Å². The van der Waals surface area contributed by atoms with Gasteiger partial charge in [-0.05, 0) is 30.1 Å². The van der Waals surface area contributed by atoms with Gasteiger partial charge in [0.15, 0.2) is 0 Å². The minimum atomic E-state index is 0.349. The summed E-state index contributed by atoms with van der Waals surface area (Å²) in [5.74, 6) is 1.98. The summed E-state index contributed by atoms with van der Waals surface area (Å²) in [5, 5.41) is 0.426. The zero-order valence-electron chi connectivity index (χ0n) is 9.84. The molecular weight excluding hydrogens is 230 g/mol. The van der Waals surface area contributed by atoms with Crippen molar-refractivity contribution < 1.29 is 4.79 Å². The number of amides is 1. The second kappa shape index (κ2) is 4.73. The van der Waals surface area contributed by atoms with Crippen molar-refractivity contribution in [2.24, 2.45) is 0 Å². The molecule has 0 radical (unpaired) electrons. The highest BCUT2D eigenvalue weighted by atomic mass is 32.2. The molecule has 1 aromatic carbocycles. The summed E-state index contributed by atoms with van der Waals surface area (Å²) < 4.78 is 0. The Labute approximate surface area is 106 Å². The second-order valence-corrected chi connectivity index (χ2v) is 6.10. The van der Waals surface area contributed by atoms with Crippen molar-refractivity contribution in [2.45, 2.75) is 30.6 Å². The fraction of sp³-hybridized carbons (Fsp3) is 0.500. The van der Waals surface area contributed by atoms with Crippen molar-refractivity contribution in [3.8, 4) is 0 Å². The van der Waals surface area contributed by atoms with Gasteiger partial charge in [0, 0.05) is 13.0 Å². The summed E-state index contributed by atoms with van der Waals surface area (Å²) in [7, 11) is 0. The standard InChI is InChI=1S/C14H17NOS/c16-13-9-12(11-5-2-1-3-6-11)10-14-15(13)7-4-8-17-14/h1-3,5-6,12,14H,4,7-10H2. The first-order valence-corrected chi connectivity index (χ1v) is 7.35. The highest BCUT2D eigenvalue weighted by molar-refractivity contribution is 7.99. The predicted molar refractivity (Wildman–Crippen MR) is 71.0 cm³/mol. The van der Waals surface area contributed by atoms with Crippen LogP contribution >= 0.6 is 11.8 Å². The lowest BCUT2D eigenvalue weighted by Gasteiger charge is -2.41. The summed E-state index contributed by atoms with van der Waals surface area (Å²) in [5.41, 5.74) is 1.33. The zero-order valence-corrected chi connectivity index (χ0v) is 10.7. The Morgan fingerprint density at radius 1 is 1.24 bits per heavy atom. The third-order valence-corrected chi connectivity index (χ3v) is 5.06. The molecule has 2 atom stereocenters. The molecule has 0 aromatic heterocycles. The van der Waals surface area contributed by atoms with Gasteiger partial charge >= 0.3 is 0 Å². The van der Waals surface area contributed by atoms with Crippen molar-refractivity contribution in [1.82, 2.24) is 4.90 Å². The molecule has 0 bridgehead atoms. The normalized spacial score (nSPS) is 28.9. The first-order valence-electron chi connectivity index (χ1n) is 6.30. The van der Waals surface area contributed by atoms with Crippen molar-refractivity contribution in [3.63, 3.8) is 0 Å². The van der Waals surface area contributed by atoms with E-state index in [4.69, 9.17) is 0 Å². The maximum absolute atomic E-state index is 12.1. The van der Waals surface area contributed by atoms with Crippen LogP contribution < -0.4 is 0 Å². The molecular formula is C14H17NOS. The Kier molecular flexibility index (Phi) is 3.10. The summed E-state index contributed by atoms with van der Waals surface area (Å²) >= 11 is 1.95. The SMILES string of the molecule is O=C1CC(c2ccccc2)CC2SCCCN12. The van der Waals surface area contributed by atoms with E-state index in [2.05, 4.69) is 29.2 Å². The molecule has 2 fully saturated rings. The molecule has 3 heteroatoms. The molecule has 1 aromatic rings. The topological polar surface area (TPSA) is 20.3 Å². The molecule has 17 heavy (non-hydrogen) atoms. The van der Waals surface area contributed by atoms with Crippen LogP contribution in [0.1, 0.15) is 30.7 Å². The average Bonchev–Trinajstić information content (AvgIpc) is 2.40. The maximum atomic E-state index is 12.1. The number of hydrogen-bond acceptors (Lipinski definition) is 2. The number of carbonyl (C=O) groups excluding carboxylic acids is 1. The van der Waals surface area contributed by atoms with Gasteiger partial charge in [0.2, 0.25) is 5.91 Å². The lowest BCUT2D eigenvalue weighted by atomic mass is 9.89. The molecule has 0 aliphatic carbocycles. The third kappa shape index (κ3) is 2.21. The van der Waals surface area contributed by atoms with Crippen LogP contribution in [0.5, 0.6) is 0 Å². The maximum Gasteiger partial charge on any atom is 0.224 e. The summed E-state index contributed by atoms with van der Waals surface area (Å²) in [6, 6.07) is 10.5. The number of carbonyl (C=O) groups is 1. The first kappa shape index (κ1) is 11.1. The van der Waals surface area contributed by atoms with Gasteiger partial charge in [0.05, 0.1) is 5.37 Å². The van der Waals surface area contributed by atoms with E-state index in [1.54, 1.807) is 0 Å². The van der Waals surface area contributed by atoms with Crippen LogP contribution in [0.2, 0.25) is 0 Å². The van der Waals surface area contributed by atoms with E-state index in [1.807, 2.05) is 17.8 Å². The molecule has 2 unspecified atom stereocenters. The number of thioether (sulfide) groups is 1. The first-order chi connectivity index (χ1) is 8.34. The fourth-order valence-corrected chi connectivity index (χ4v) is 4.14. The Morgan fingerprint density at radius 3 is 2.88 bits per heavy atom. The van der Waals surface area contributed by atoms with Crippen LogP contribution in [-0.2, 0) is 4.79 Å². The van der Waals surface area contributed by atoms with E-state index in [1.165, 1.54) is 11.3 Å². The molecule has 2 aliphatic rings. The predicted octanol–water partition coefficient (Wildman–Crippen LogP) is 2.86. The largest absolute Gasteiger partial charge is 0.331 e. The van der Waals surface area contributed by atoms with Crippen LogP contribution in [0, 0.1) is 0 Å². The monoisotopic (exact) mass is 247 g/mol. The number of piperidine rings is 1. The molecule has 2 aliphatic heterocycles. The zero-order chi connectivity index (χ0) is 11.7. The molecule has 2 saturated heterocycles. The van der Waals surface area contributed by atoms with Gasteiger partial charge in [-0.3, -0.25) is 4.79 Å². The van der Waals surface area contributed by atoms with E-state index in [-0.39, 0.29) is 0 Å². The highest BCUT2D eigenvalue weighted by Gasteiger charge is 2.35. The van der Waals surface area contributed by atoms with Gasteiger partial charge in [-0.2, -0.15) is 0 Å². The Balaban J connectivity index is 1.79. The minimum Gasteiger partial charge on any atom is -0.331 e. The summed E-state index contributed by atoms with van der Waals surface area (Å²) in [6.45, 7) is 0.970.